The first kappa shape index (κ1) is 20.0. The largest absolute Gasteiger partial charge is 0.411 e. The molecule has 0 amide bonds. The highest BCUT2D eigenvalue weighted by molar-refractivity contribution is 7.92. The molecular weight excluding hydrogens is 334 g/mol. The van der Waals surface area contributed by atoms with E-state index in [0.717, 1.165) is 62.6 Å². The molecule has 0 radical (unpaired) electrons. The van der Waals surface area contributed by atoms with Crippen LogP contribution < -0.4 is 0 Å². The first-order valence-electron chi connectivity index (χ1n) is 9.30. The van der Waals surface area contributed by atoms with Crippen LogP contribution in [0.25, 0.3) is 0 Å². The Kier molecular flexibility index (Phi) is 6.66. The summed E-state index contributed by atoms with van der Waals surface area (Å²) in [5.41, 5.74) is 4.52. The van der Waals surface area contributed by atoms with Gasteiger partial charge < -0.3 is 5.21 Å². The van der Waals surface area contributed by atoms with E-state index in [1.165, 1.54) is 11.1 Å². The number of benzene rings is 1. The van der Waals surface area contributed by atoms with Crippen molar-refractivity contribution in [3.8, 4) is 0 Å². The van der Waals surface area contributed by atoms with Gasteiger partial charge >= 0.3 is 0 Å². The zero-order valence-corrected chi connectivity index (χ0v) is 16.5. The predicted molar refractivity (Wildman–Crippen MR) is 103 cm³/mol. The van der Waals surface area contributed by atoms with Gasteiger partial charge in [0.2, 0.25) is 0 Å². The van der Waals surface area contributed by atoms with E-state index in [1.54, 1.807) is 20.8 Å². The summed E-state index contributed by atoms with van der Waals surface area (Å²) in [6.07, 6.45) is 7.95. The number of hydrogen-bond donors (Lipinski definition) is 1. The van der Waals surface area contributed by atoms with Crippen molar-refractivity contribution in [2.24, 2.45) is 5.16 Å². The summed E-state index contributed by atoms with van der Waals surface area (Å²) < 4.78 is 23.4. The van der Waals surface area contributed by atoms with Crippen molar-refractivity contribution in [3.05, 3.63) is 34.9 Å². The quantitative estimate of drug-likeness (QED) is 0.418. The van der Waals surface area contributed by atoms with Crippen molar-refractivity contribution in [2.75, 3.05) is 5.75 Å². The van der Waals surface area contributed by atoms with Gasteiger partial charge in [-0.25, -0.2) is 8.42 Å². The molecule has 1 aromatic carbocycles. The number of oxime groups is 1. The smallest absolute Gasteiger partial charge is 0.155 e. The molecule has 0 spiro atoms. The van der Waals surface area contributed by atoms with Gasteiger partial charge in [-0.1, -0.05) is 42.6 Å². The number of sulfone groups is 1. The minimum atomic E-state index is -2.97. The van der Waals surface area contributed by atoms with Crippen molar-refractivity contribution in [1.82, 2.24) is 0 Å². The van der Waals surface area contributed by atoms with Crippen molar-refractivity contribution in [2.45, 2.75) is 76.9 Å². The number of aryl methyl sites for hydroxylation is 2. The lowest BCUT2D eigenvalue weighted by Crippen LogP contribution is -2.30. The predicted octanol–water partition coefficient (Wildman–Crippen LogP) is 4.52. The Morgan fingerprint density at radius 2 is 1.72 bits per heavy atom. The van der Waals surface area contributed by atoms with Gasteiger partial charge in [-0.15, -0.1) is 0 Å². The van der Waals surface area contributed by atoms with Gasteiger partial charge in [0.05, 0.1) is 16.2 Å². The molecule has 1 aromatic rings. The second-order valence-electron chi connectivity index (χ2n) is 7.99. The molecule has 1 aliphatic rings. The van der Waals surface area contributed by atoms with Crippen LogP contribution in [-0.2, 0) is 22.7 Å². The second kappa shape index (κ2) is 8.35. The second-order valence-corrected chi connectivity index (χ2v) is 10.8. The van der Waals surface area contributed by atoms with Crippen molar-refractivity contribution >= 4 is 15.5 Å². The molecule has 1 N–H and O–H groups in total. The zero-order chi connectivity index (χ0) is 18.5. The fourth-order valence-corrected chi connectivity index (χ4v) is 4.44. The molecule has 0 bridgehead atoms. The molecule has 2 rings (SSSR count). The lowest BCUT2D eigenvalue weighted by atomic mass is 10.0. The molecule has 1 aliphatic carbocycles. The van der Waals surface area contributed by atoms with Gasteiger partial charge in [-0.2, -0.15) is 0 Å². The van der Waals surface area contributed by atoms with Gasteiger partial charge in [-0.3, -0.25) is 0 Å². The summed E-state index contributed by atoms with van der Waals surface area (Å²) in [7, 11) is -2.97. The first-order valence-corrected chi connectivity index (χ1v) is 11.0. The molecule has 0 aromatic heterocycles. The van der Waals surface area contributed by atoms with Crippen LogP contribution >= 0.6 is 0 Å². The van der Waals surface area contributed by atoms with Crippen LogP contribution in [0.15, 0.2) is 23.4 Å². The topological polar surface area (TPSA) is 66.7 Å². The van der Waals surface area contributed by atoms with Gasteiger partial charge in [0.15, 0.2) is 9.84 Å². The standard InChI is InChI=1S/C20H31NO3S/c1-20(2,3)25(23,24)14-8-6-4-5-7-9-16-10-12-18-17(15-16)11-13-19(18)21-22/h10,12,15,22H,4-9,11,13-14H2,1-3H3. The number of nitrogens with zero attached hydrogens (tertiary/aromatic N) is 1. The lowest BCUT2D eigenvalue weighted by Gasteiger charge is -2.18. The van der Waals surface area contributed by atoms with E-state index in [4.69, 9.17) is 5.21 Å². The van der Waals surface area contributed by atoms with E-state index >= 15 is 0 Å². The monoisotopic (exact) mass is 365 g/mol. The molecule has 4 nitrogen and oxygen atoms in total. The summed E-state index contributed by atoms with van der Waals surface area (Å²) in [5.74, 6) is 0.302. The van der Waals surface area contributed by atoms with Crippen molar-refractivity contribution in [3.63, 3.8) is 0 Å². The van der Waals surface area contributed by atoms with E-state index in [0.29, 0.717) is 5.75 Å². The molecule has 5 heteroatoms. The molecule has 0 saturated heterocycles. The normalized spacial score (nSPS) is 16.4. The van der Waals surface area contributed by atoms with Crippen molar-refractivity contribution < 1.29 is 13.6 Å². The molecule has 0 atom stereocenters. The van der Waals surface area contributed by atoms with Crippen LogP contribution in [0.3, 0.4) is 0 Å². The van der Waals surface area contributed by atoms with Crippen LogP contribution in [0.4, 0.5) is 0 Å². The summed E-state index contributed by atoms with van der Waals surface area (Å²) in [5, 5.41) is 12.3. The molecule has 0 unspecified atom stereocenters. The maximum atomic E-state index is 12.0. The van der Waals surface area contributed by atoms with Crippen LogP contribution in [0, 0.1) is 0 Å². The number of fused-ring (bicyclic) bond motifs is 1. The highest BCUT2D eigenvalue weighted by Crippen LogP contribution is 2.24. The van der Waals surface area contributed by atoms with E-state index < -0.39 is 14.6 Å². The Hall–Kier alpha value is -1.36. The average molecular weight is 366 g/mol. The summed E-state index contributed by atoms with van der Waals surface area (Å²) in [6, 6.07) is 6.44. The maximum Gasteiger partial charge on any atom is 0.155 e. The SMILES string of the molecule is CC(C)(C)S(=O)(=O)CCCCCCCc1ccc2c(c1)CCC2=NO. The molecule has 140 valence electrons. The lowest BCUT2D eigenvalue weighted by molar-refractivity contribution is 0.318. The fourth-order valence-electron chi connectivity index (χ4n) is 3.24. The minimum Gasteiger partial charge on any atom is -0.411 e. The third-order valence-corrected chi connectivity index (χ3v) is 7.74. The van der Waals surface area contributed by atoms with E-state index in [-0.39, 0.29) is 0 Å². The Morgan fingerprint density at radius 3 is 2.40 bits per heavy atom. The molecule has 0 saturated carbocycles. The summed E-state index contributed by atoms with van der Waals surface area (Å²) in [4.78, 5) is 0. The van der Waals surface area contributed by atoms with E-state index in [1.807, 2.05) is 0 Å². The Balaban J connectivity index is 1.66. The molecule has 0 heterocycles. The summed E-state index contributed by atoms with van der Waals surface area (Å²) in [6.45, 7) is 5.32. The van der Waals surface area contributed by atoms with Gasteiger partial charge in [0.1, 0.15) is 0 Å². The number of hydrogen-bond acceptors (Lipinski definition) is 4. The fraction of sp³-hybridized carbons (Fsp3) is 0.650. The van der Waals surface area contributed by atoms with Crippen LogP contribution in [0.5, 0.6) is 0 Å². The van der Waals surface area contributed by atoms with Crippen LogP contribution in [-0.4, -0.2) is 29.8 Å². The average Bonchev–Trinajstić information content (AvgIpc) is 2.95. The van der Waals surface area contributed by atoms with E-state index in [2.05, 4.69) is 23.4 Å². The van der Waals surface area contributed by atoms with Gasteiger partial charge in [0.25, 0.3) is 0 Å². The Morgan fingerprint density at radius 1 is 1.04 bits per heavy atom. The molecule has 25 heavy (non-hydrogen) atoms. The van der Waals surface area contributed by atoms with Gasteiger partial charge in [0, 0.05) is 5.56 Å². The first-order chi connectivity index (χ1) is 11.7. The van der Waals surface area contributed by atoms with Gasteiger partial charge in [-0.05, 0) is 64.0 Å². The minimum absolute atomic E-state index is 0.302. The number of rotatable bonds is 8. The molecule has 0 aliphatic heterocycles. The molecule has 0 fully saturated rings. The maximum absolute atomic E-state index is 12.0. The highest BCUT2D eigenvalue weighted by Gasteiger charge is 2.27. The van der Waals surface area contributed by atoms with Crippen molar-refractivity contribution in [1.29, 1.82) is 0 Å². The number of unbranched alkanes of at least 4 members (excludes halogenated alkanes) is 4. The third kappa shape index (κ3) is 5.30. The third-order valence-electron chi connectivity index (χ3n) is 5.04. The zero-order valence-electron chi connectivity index (χ0n) is 15.7. The van der Waals surface area contributed by atoms with E-state index in [9.17, 15) is 8.42 Å². The Bertz CT molecular complexity index is 715. The Labute approximate surface area is 152 Å². The van der Waals surface area contributed by atoms with Crippen LogP contribution in [0.1, 0.15) is 76.0 Å². The summed E-state index contributed by atoms with van der Waals surface area (Å²) >= 11 is 0. The molecular formula is C20H31NO3S. The van der Waals surface area contributed by atoms with Crippen LogP contribution in [0.2, 0.25) is 0 Å². The highest BCUT2D eigenvalue weighted by atomic mass is 32.2.